The van der Waals surface area contributed by atoms with E-state index in [1.807, 2.05) is 26.1 Å². The van der Waals surface area contributed by atoms with Crippen LogP contribution in [0.2, 0.25) is 0 Å². The zero-order valence-corrected chi connectivity index (χ0v) is 20.7. The first-order valence-corrected chi connectivity index (χ1v) is 13.4. The summed E-state index contributed by atoms with van der Waals surface area (Å²) in [6, 6.07) is 5.24. The lowest BCUT2D eigenvalue weighted by Gasteiger charge is -2.36. The fraction of sp³-hybridized carbons (Fsp3) is 0.545. The summed E-state index contributed by atoms with van der Waals surface area (Å²) in [6.07, 6.45) is 6.71. The number of sulfonamides is 1. The zero-order chi connectivity index (χ0) is 24.3. The van der Waals surface area contributed by atoms with Gasteiger partial charge in [-0.05, 0) is 44.4 Å². The number of pyridine rings is 1. The van der Waals surface area contributed by atoms with Crippen LogP contribution in [0.1, 0.15) is 26.2 Å². The number of nitrogens with one attached hydrogen (secondary N) is 1. The Bertz CT molecular complexity index is 1110. The number of urea groups is 1. The van der Waals surface area contributed by atoms with Crippen molar-refractivity contribution in [3.8, 4) is 0 Å². The summed E-state index contributed by atoms with van der Waals surface area (Å²) in [5, 5.41) is 2.87. The van der Waals surface area contributed by atoms with Crippen molar-refractivity contribution in [2.45, 2.75) is 32.2 Å². The van der Waals surface area contributed by atoms with Gasteiger partial charge in [-0.1, -0.05) is 0 Å². The molecule has 12 heteroatoms. The smallest absolute Gasteiger partial charge is 0.328 e. The Morgan fingerprint density at radius 2 is 1.91 bits per heavy atom. The summed E-state index contributed by atoms with van der Waals surface area (Å²) >= 11 is 0. The standard InChI is InChI=1S/C22H32N8O3S/c1-17-6-4-11-27(2)18-7-8-20(28-12-5-13-29(15-14-28)34(3,32)33)26-21(18)30(17)22(31)25-19-9-10-23-16-24-19/h7-10,16-17H,4-6,11-15H2,1-3H3,(H,23,24,25,31)/t17-/m1/s1. The first-order valence-electron chi connectivity index (χ1n) is 11.5. The van der Waals surface area contributed by atoms with Gasteiger partial charge < -0.3 is 9.80 Å². The molecule has 4 rings (SSSR count). The molecule has 1 atom stereocenters. The number of anilines is 4. The normalized spacial score (nSPS) is 20.2. The van der Waals surface area contributed by atoms with Crippen LogP contribution in [0.3, 0.4) is 0 Å². The van der Waals surface area contributed by atoms with E-state index < -0.39 is 10.0 Å². The molecule has 1 saturated heterocycles. The van der Waals surface area contributed by atoms with Crippen LogP contribution >= 0.6 is 0 Å². The zero-order valence-electron chi connectivity index (χ0n) is 19.9. The summed E-state index contributed by atoms with van der Waals surface area (Å²) in [7, 11) is -1.23. The van der Waals surface area contributed by atoms with E-state index in [2.05, 4.69) is 25.1 Å². The molecular formula is C22H32N8O3S. The fourth-order valence-electron chi connectivity index (χ4n) is 4.45. The van der Waals surface area contributed by atoms with Gasteiger partial charge in [-0.3, -0.25) is 10.2 Å². The number of carbonyl (C=O) groups is 1. The number of aromatic nitrogens is 3. The number of hydrogen-bond donors (Lipinski definition) is 1. The minimum Gasteiger partial charge on any atom is -0.372 e. The quantitative estimate of drug-likeness (QED) is 0.698. The van der Waals surface area contributed by atoms with E-state index in [0.717, 1.165) is 30.9 Å². The Morgan fingerprint density at radius 1 is 1.09 bits per heavy atom. The summed E-state index contributed by atoms with van der Waals surface area (Å²) in [4.78, 5) is 32.3. The molecule has 4 heterocycles. The predicted octanol–water partition coefficient (Wildman–Crippen LogP) is 2.00. The lowest BCUT2D eigenvalue weighted by Crippen LogP contribution is -2.45. The third kappa shape index (κ3) is 5.39. The van der Waals surface area contributed by atoms with Gasteiger partial charge in [-0.2, -0.15) is 0 Å². The third-order valence-corrected chi connectivity index (χ3v) is 7.62. The number of nitrogens with zero attached hydrogens (tertiary/aromatic N) is 7. The Morgan fingerprint density at radius 3 is 2.65 bits per heavy atom. The molecule has 2 aromatic rings. The van der Waals surface area contributed by atoms with E-state index in [1.165, 1.54) is 16.9 Å². The van der Waals surface area contributed by atoms with Gasteiger partial charge in [0.15, 0.2) is 5.82 Å². The molecule has 0 saturated carbocycles. The van der Waals surface area contributed by atoms with Crippen LogP contribution in [-0.2, 0) is 10.0 Å². The van der Waals surface area contributed by atoms with E-state index in [0.29, 0.717) is 44.2 Å². The highest BCUT2D eigenvalue weighted by Gasteiger charge is 2.30. The Labute approximate surface area is 200 Å². The van der Waals surface area contributed by atoms with Gasteiger partial charge in [0.2, 0.25) is 10.0 Å². The molecule has 2 aromatic heterocycles. The molecule has 2 aliphatic heterocycles. The molecule has 0 radical (unpaired) electrons. The molecule has 34 heavy (non-hydrogen) atoms. The van der Waals surface area contributed by atoms with Gasteiger partial charge in [0.25, 0.3) is 0 Å². The Kier molecular flexibility index (Phi) is 7.17. The molecule has 0 spiro atoms. The van der Waals surface area contributed by atoms with Crippen LogP contribution in [0.5, 0.6) is 0 Å². The molecule has 1 N–H and O–H groups in total. The van der Waals surface area contributed by atoms with Crippen molar-refractivity contribution in [3.05, 3.63) is 30.7 Å². The van der Waals surface area contributed by atoms with E-state index in [4.69, 9.17) is 4.98 Å². The maximum atomic E-state index is 13.4. The van der Waals surface area contributed by atoms with Gasteiger partial charge in [-0.15, -0.1) is 0 Å². The minimum atomic E-state index is -3.23. The van der Waals surface area contributed by atoms with Crippen LogP contribution < -0.4 is 20.0 Å². The fourth-order valence-corrected chi connectivity index (χ4v) is 5.32. The minimum absolute atomic E-state index is 0.0677. The monoisotopic (exact) mass is 488 g/mol. The molecule has 2 aliphatic rings. The molecule has 184 valence electrons. The van der Waals surface area contributed by atoms with Gasteiger partial charge in [-0.25, -0.2) is 32.5 Å². The SMILES string of the molecule is C[C@@H]1CCCN(C)c2ccc(N3CCCN(S(C)(=O)=O)CC3)nc2N1C(=O)Nc1ccncn1. The van der Waals surface area contributed by atoms with Gasteiger partial charge in [0.1, 0.15) is 18.0 Å². The summed E-state index contributed by atoms with van der Waals surface area (Å²) in [5.41, 5.74) is 0.876. The topological polar surface area (TPSA) is 115 Å². The van der Waals surface area contributed by atoms with E-state index in [1.54, 1.807) is 17.2 Å². The summed E-state index contributed by atoms with van der Waals surface area (Å²) in [6.45, 7) is 5.03. The Balaban J connectivity index is 1.67. The van der Waals surface area contributed by atoms with Crippen LogP contribution in [0, 0.1) is 0 Å². The predicted molar refractivity (Wildman–Crippen MR) is 133 cm³/mol. The van der Waals surface area contributed by atoms with Crippen molar-refractivity contribution in [2.24, 2.45) is 0 Å². The molecule has 2 amide bonds. The average molecular weight is 489 g/mol. The molecule has 0 aromatic carbocycles. The molecule has 11 nitrogen and oxygen atoms in total. The van der Waals surface area contributed by atoms with Crippen LogP contribution in [-0.4, -0.2) is 85.8 Å². The van der Waals surface area contributed by atoms with Gasteiger partial charge >= 0.3 is 6.03 Å². The van der Waals surface area contributed by atoms with Crippen molar-refractivity contribution in [1.82, 2.24) is 19.3 Å². The second-order valence-corrected chi connectivity index (χ2v) is 10.8. The lowest BCUT2D eigenvalue weighted by molar-refractivity contribution is 0.254. The van der Waals surface area contributed by atoms with Crippen LogP contribution in [0.15, 0.2) is 30.7 Å². The number of hydrogen-bond acceptors (Lipinski definition) is 8. The average Bonchev–Trinajstić information content (AvgIpc) is 3.05. The van der Waals surface area contributed by atoms with E-state index in [9.17, 15) is 13.2 Å². The lowest BCUT2D eigenvalue weighted by atomic mass is 10.1. The molecule has 0 unspecified atom stereocenters. The molecular weight excluding hydrogens is 456 g/mol. The molecule has 0 bridgehead atoms. The largest absolute Gasteiger partial charge is 0.372 e. The van der Waals surface area contributed by atoms with Gasteiger partial charge in [0, 0.05) is 52.0 Å². The first kappa shape index (κ1) is 24.1. The molecule has 1 fully saturated rings. The molecule has 0 aliphatic carbocycles. The van der Waals surface area contributed by atoms with Crippen molar-refractivity contribution in [3.63, 3.8) is 0 Å². The van der Waals surface area contributed by atoms with E-state index >= 15 is 0 Å². The van der Waals surface area contributed by atoms with Crippen LogP contribution in [0.4, 0.5) is 27.9 Å². The number of fused-ring (bicyclic) bond motifs is 1. The number of rotatable bonds is 3. The number of amides is 2. The van der Waals surface area contributed by atoms with E-state index in [-0.39, 0.29) is 12.1 Å². The highest BCUT2D eigenvalue weighted by Crippen LogP contribution is 2.34. The van der Waals surface area contributed by atoms with Crippen molar-refractivity contribution in [2.75, 3.05) is 66.0 Å². The summed E-state index contributed by atoms with van der Waals surface area (Å²) in [5.74, 6) is 1.74. The second kappa shape index (κ2) is 10.1. The van der Waals surface area contributed by atoms with Crippen LogP contribution in [0.25, 0.3) is 0 Å². The Hall–Kier alpha value is -2.99. The maximum absolute atomic E-state index is 13.4. The van der Waals surface area contributed by atoms with Crippen molar-refractivity contribution >= 4 is 39.2 Å². The number of carbonyl (C=O) groups excluding carboxylic acids is 1. The third-order valence-electron chi connectivity index (χ3n) is 6.32. The summed E-state index contributed by atoms with van der Waals surface area (Å²) < 4.78 is 25.5. The second-order valence-electron chi connectivity index (χ2n) is 8.82. The highest BCUT2D eigenvalue weighted by molar-refractivity contribution is 7.88. The van der Waals surface area contributed by atoms with Crippen molar-refractivity contribution < 1.29 is 13.2 Å². The first-order chi connectivity index (χ1) is 16.2. The van der Waals surface area contributed by atoms with Gasteiger partial charge in [0.05, 0.1) is 11.9 Å². The van der Waals surface area contributed by atoms with Crippen molar-refractivity contribution in [1.29, 1.82) is 0 Å². The maximum Gasteiger partial charge on any atom is 0.328 e. The highest BCUT2D eigenvalue weighted by atomic mass is 32.2.